The number of hydrogen-bond acceptors (Lipinski definition) is 6. The van der Waals surface area contributed by atoms with Crippen LogP contribution >= 0.6 is 23.2 Å². The Bertz CT molecular complexity index is 1920. The molecule has 5 aromatic rings. The summed E-state index contributed by atoms with van der Waals surface area (Å²) < 4.78 is 18.9. The molecule has 7 nitrogen and oxygen atoms in total. The van der Waals surface area contributed by atoms with E-state index in [-0.39, 0.29) is 18.1 Å². The molecule has 0 bridgehead atoms. The van der Waals surface area contributed by atoms with Gasteiger partial charge in [0.1, 0.15) is 12.4 Å². The van der Waals surface area contributed by atoms with Gasteiger partial charge < -0.3 is 14.2 Å². The number of rotatable bonds is 10. The van der Waals surface area contributed by atoms with Crippen molar-refractivity contribution in [1.82, 2.24) is 9.66 Å². The van der Waals surface area contributed by atoms with E-state index in [4.69, 9.17) is 42.4 Å². The first kappa shape index (κ1) is 31.1. The lowest BCUT2D eigenvalue weighted by molar-refractivity contribution is 0.269. The van der Waals surface area contributed by atoms with Crippen molar-refractivity contribution in [3.63, 3.8) is 0 Å². The van der Waals surface area contributed by atoms with Crippen molar-refractivity contribution in [3.8, 4) is 28.6 Å². The van der Waals surface area contributed by atoms with Crippen LogP contribution in [0.3, 0.4) is 0 Å². The number of aryl methyl sites for hydroxylation is 1. The molecule has 0 fully saturated rings. The van der Waals surface area contributed by atoms with Crippen LogP contribution in [0.25, 0.3) is 22.3 Å². The Morgan fingerprint density at radius 1 is 0.955 bits per heavy atom. The number of benzene rings is 4. The van der Waals surface area contributed by atoms with Crippen LogP contribution in [0.5, 0.6) is 17.2 Å². The highest BCUT2D eigenvalue weighted by molar-refractivity contribution is 6.32. The van der Waals surface area contributed by atoms with Gasteiger partial charge in [0.05, 0.1) is 35.9 Å². The summed E-state index contributed by atoms with van der Waals surface area (Å²) in [5, 5.41) is 6.04. The van der Waals surface area contributed by atoms with Crippen molar-refractivity contribution in [2.24, 2.45) is 5.10 Å². The summed E-state index contributed by atoms with van der Waals surface area (Å²) >= 11 is 13.0. The minimum absolute atomic E-state index is 0.186. The highest BCUT2D eigenvalue weighted by Gasteiger charge is 2.19. The molecule has 0 unspecified atom stereocenters. The highest BCUT2D eigenvalue weighted by atomic mass is 35.5. The standard InChI is InChI=1S/C35H33Cl2N3O4/c1-6-43-32-17-23(16-29(37)33(32)44-20-24-11-7-9-13-28(24)36)19-38-40-34(39-30-14-10-8-12-25(30)35(40)41)27-18-26(21(2)3)31(42-5)15-22(27)4/h7-19,21H,6,20H2,1-5H3. The fourth-order valence-electron chi connectivity index (χ4n) is 4.93. The summed E-state index contributed by atoms with van der Waals surface area (Å²) in [5.74, 6) is 2.24. The molecule has 0 spiro atoms. The van der Waals surface area contributed by atoms with Gasteiger partial charge in [-0.3, -0.25) is 4.79 Å². The van der Waals surface area contributed by atoms with Crippen LogP contribution in [-0.2, 0) is 6.61 Å². The van der Waals surface area contributed by atoms with E-state index in [1.165, 1.54) is 4.68 Å². The first-order valence-electron chi connectivity index (χ1n) is 14.3. The largest absolute Gasteiger partial charge is 0.496 e. The second-order valence-electron chi connectivity index (χ2n) is 10.5. The minimum atomic E-state index is -0.293. The van der Waals surface area contributed by atoms with Gasteiger partial charge in [-0.25, -0.2) is 4.98 Å². The molecular formula is C35H33Cl2N3O4. The number of nitrogens with zero attached hydrogens (tertiary/aromatic N) is 3. The van der Waals surface area contributed by atoms with Crippen molar-refractivity contribution in [2.45, 2.75) is 40.2 Å². The third kappa shape index (κ3) is 6.44. The van der Waals surface area contributed by atoms with Gasteiger partial charge in [-0.05, 0) is 78.9 Å². The van der Waals surface area contributed by atoms with E-state index in [1.54, 1.807) is 37.6 Å². The molecule has 44 heavy (non-hydrogen) atoms. The van der Waals surface area contributed by atoms with Crippen LogP contribution in [0.2, 0.25) is 10.0 Å². The lowest BCUT2D eigenvalue weighted by Gasteiger charge is -2.17. The fraction of sp³-hybridized carbons (Fsp3) is 0.229. The molecule has 226 valence electrons. The first-order valence-corrected chi connectivity index (χ1v) is 15.0. The van der Waals surface area contributed by atoms with Crippen molar-refractivity contribution in [2.75, 3.05) is 13.7 Å². The molecule has 0 saturated carbocycles. The quantitative estimate of drug-likeness (QED) is 0.144. The molecule has 0 saturated heterocycles. The van der Waals surface area contributed by atoms with E-state index in [0.717, 1.165) is 28.0 Å². The van der Waals surface area contributed by atoms with Crippen LogP contribution < -0.4 is 19.8 Å². The highest BCUT2D eigenvalue weighted by Crippen LogP contribution is 2.38. The number of para-hydroxylation sites is 1. The number of halogens is 2. The maximum atomic E-state index is 13.8. The van der Waals surface area contributed by atoms with Gasteiger partial charge in [0, 0.05) is 16.1 Å². The molecular weight excluding hydrogens is 597 g/mol. The number of aromatic nitrogens is 2. The summed E-state index contributed by atoms with van der Waals surface area (Å²) in [5.41, 5.74) is 4.42. The zero-order valence-electron chi connectivity index (χ0n) is 25.2. The van der Waals surface area contributed by atoms with E-state index in [1.807, 2.05) is 62.4 Å². The minimum Gasteiger partial charge on any atom is -0.496 e. The Morgan fingerprint density at radius 2 is 1.70 bits per heavy atom. The molecule has 4 aromatic carbocycles. The summed E-state index contributed by atoms with van der Waals surface area (Å²) in [6.07, 6.45) is 1.57. The summed E-state index contributed by atoms with van der Waals surface area (Å²) in [4.78, 5) is 18.7. The Labute approximate surface area is 266 Å². The second kappa shape index (κ2) is 13.5. The van der Waals surface area contributed by atoms with Gasteiger partial charge in [0.25, 0.3) is 5.56 Å². The van der Waals surface area contributed by atoms with Gasteiger partial charge >= 0.3 is 0 Å². The van der Waals surface area contributed by atoms with Gasteiger partial charge in [-0.1, -0.05) is 67.4 Å². The fourth-order valence-corrected chi connectivity index (χ4v) is 5.39. The Hall–Kier alpha value is -4.33. The van der Waals surface area contributed by atoms with Crippen LogP contribution in [0.1, 0.15) is 48.9 Å². The molecule has 9 heteroatoms. The number of fused-ring (bicyclic) bond motifs is 1. The summed E-state index contributed by atoms with van der Waals surface area (Å²) in [6, 6.07) is 22.2. The van der Waals surface area contributed by atoms with Crippen LogP contribution in [0.4, 0.5) is 0 Å². The second-order valence-corrected chi connectivity index (χ2v) is 11.3. The van der Waals surface area contributed by atoms with E-state index >= 15 is 0 Å². The molecule has 0 radical (unpaired) electrons. The van der Waals surface area contributed by atoms with Gasteiger partial charge in [0.2, 0.25) is 0 Å². The predicted octanol–water partition coefficient (Wildman–Crippen LogP) is 8.67. The lowest BCUT2D eigenvalue weighted by atomic mass is 9.96. The number of hydrogen-bond donors (Lipinski definition) is 0. The first-order chi connectivity index (χ1) is 21.2. The van der Waals surface area contributed by atoms with E-state index < -0.39 is 0 Å². The van der Waals surface area contributed by atoms with Crippen LogP contribution in [0, 0.1) is 6.92 Å². The van der Waals surface area contributed by atoms with Gasteiger partial charge in [-0.2, -0.15) is 9.78 Å². The topological polar surface area (TPSA) is 74.9 Å². The maximum absolute atomic E-state index is 13.8. The van der Waals surface area contributed by atoms with Gasteiger partial charge in [-0.15, -0.1) is 0 Å². The third-order valence-corrected chi connectivity index (χ3v) is 7.83. The average Bonchev–Trinajstić information content (AvgIpc) is 3.00. The molecule has 5 rings (SSSR count). The van der Waals surface area contributed by atoms with Crippen molar-refractivity contribution in [3.05, 3.63) is 115 Å². The van der Waals surface area contributed by atoms with Crippen molar-refractivity contribution in [1.29, 1.82) is 0 Å². The zero-order chi connectivity index (χ0) is 31.4. The lowest BCUT2D eigenvalue weighted by Crippen LogP contribution is -2.20. The SMILES string of the molecule is CCOc1cc(C=Nn2c(-c3cc(C(C)C)c(OC)cc3C)nc3ccccc3c2=O)cc(Cl)c1OCc1ccccc1Cl. The van der Waals surface area contributed by atoms with Crippen LogP contribution in [-0.4, -0.2) is 29.6 Å². The van der Waals surface area contributed by atoms with Crippen LogP contribution in [0.15, 0.2) is 82.7 Å². The van der Waals surface area contributed by atoms with Gasteiger partial charge in [0.15, 0.2) is 17.3 Å². The molecule has 1 heterocycles. The molecule has 1 aromatic heterocycles. The molecule has 0 aliphatic rings. The molecule has 0 N–H and O–H groups in total. The zero-order valence-corrected chi connectivity index (χ0v) is 26.7. The predicted molar refractivity (Wildman–Crippen MR) is 178 cm³/mol. The van der Waals surface area contributed by atoms with Crippen molar-refractivity contribution >= 4 is 40.3 Å². The molecule has 0 aliphatic heterocycles. The maximum Gasteiger partial charge on any atom is 0.282 e. The normalized spacial score (nSPS) is 11.5. The molecule has 0 atom stereocenters. The average molecular weight is 631 g/mol. The number of ether oxygens (including phenoxy) is 3. The van der Waals surface area contributed by atoms with Crippen molar-refractivity contribution < 1.29 is 14.2 Å². The Morgan fingerprint density at radius 3 is 2.43 bits per heavy atom. The monoisotopic (exact) mass is 629 g/mol. The summed E-state index contributed by atoms with van der Waals surface area (Å²) in [6.45, 7) is 8.64. The summed E-state index contributed by atoms with van der Waals surface area (Å²) in [7, 11) is 1.66. The molecule has 0 amide bonds. The molecule has 0 aliphatic carbocycles. The van der Waals surface area contributed by atoms with E-state index in [9.17, 15) is 4.79 Å². The smallest absolute Gasteiger partial charge is 0.282 e. The Kier molecular flexibility index (Phi) is 9.57. The third-order valence-electron chi connectivity index (χ3n) is 7.18. The van der Waals surface area contributed by atoms with E-state index in [2.05, 4.69) is 18.9 Å². The van der Waals surface area contributed by atoms with E-state index in [0.29, 0.717) is 50.4 Å². The number of methoxy groups -OCH3 is 1. The Balaban J connectivity index is 1.60.